The van der Waals surface area contributed by atoms with E-state index in [0.29, 0.717) is 0 Å². The smallest absolute Gasteiger partial charge is 0.352 e. The van der Waals surface area contributed by atoms with Gasteiger partial charge >= 0.3 is 5.97 Å². The van der Waals surface area contributed by atoms with Gasteiger partial charge in [-0.25, -0.2) is 9.78 Å². The Hall–Kier alpha value is -1.66. The largest absolute Gasteiger partial charge is 0.477 e. The lowest BCUT2D eigenvalue weighted by Crippen LogP contribution is -1.94. The van der Waals surface area contributed by atoms with Crippen LogP contribution in [0.15, 0.2) is 17.6 Å². The second-order valence-electron chi connectivity index (χ2n) is 3.83. The Labute approximate surface area is 108 Å². The van der Waals surface area contributed by atoms with Gasteiger partial charge in [0.2, 0.25) is 0 Å². The van der Waals surface area contributed by atoms with Gasteiger partial charge < -0.3 is 14.8 Å². The highest BCUT2D eigenvalue weighted by Crippen LogP contribution is 2.23. The van der Waals surface area contributed by atoms with Crippen molar-refractivity contribution in [2.24, 2.45) is 0 Å². The first-order valence-electron chi connectivity index (χ1n) is 5.56. The predicted molar refractivity (Wildman–Crippen MR) is 69.1 cm³/mol. The van der Waals surface area contributed by atoms with Crippen LogP contribution >= 0.6 is 11.3 Å². The van der Waals surface area contributed by atoms with E-state index in [-0.39, 0.29) is 5.69 Å². The molecule has 18 heavy (non-hydrogen) atoms. The van der Waals surface area contributed by atoms with Crippen LogP contribution in [-0.2, 0) is 11.2 Å². The fourth-order valence-corrected chi connectivity index (χ4v) is 2.44. The number of H-pyrrole nitrogens is 1. The topological polar surface area (TPSA) is 75.2 Å². The fourth-order valence-electron chi connectivity index (χ4n) is 1.59. The maximum atomic E-state index is 10.8. The summed E-state index contributed by atoms with van der Waals surface area (Å²) in [5.41, 5.74) is 1.80. The van der Waals surface area contributed by atoms with Crippen LogP contribution in [0.5, 0.6) is 0 Å². The van der Waals surface area contributed by atoms with Crippen LogP contribution in [-0.4, -0.2) is 34.8 Å². The molecule has 0 aromatic carbocycles. The van der Waals surface area contributed by atoms with Crippen molar-refractivity contribution >= 4 is 17.3 Å². The Bertz CT molecular complexity index is 533. The highest BCUT2D eigenvalue weighted by molar-refractivity contribution is 7.09. The normalized spacial score (nSPS) is 10.7. The maximum Gasteiger partial charge on any atom is 0.352 e. The number of carboxylic acid groups (broad SMARTS) is 1. The van der Waals surface area contributed by atoms with E-state index in [1.807, 2.05) is 5.38 Å². The van der Waals surface area contributed by atoms with Gasteiger partial charge in [0.05, 0.1) is 10.7 Å². The molecular formula is C12H14N2O3S. The SMILES string of the molecule is COCCCc1nc(-c2c[nH]c(C(=O)O)c2)cs1. The Morgan fingerprint density at radius 3 is 3.11 bits per heavy atom. The molecule has 96 valence electrons. The van der Waals surface area contributed by atoms with Crippen LogP contribution in [0.4, 0.5) is 0 Å². The maximum absolute atomic E-state index is 10.8. The number of carbonyl (C=O) groups is 1. The number of rotatable bonds is 6. The highest BCUT2D eigenvalue weighted by Gasteiger charge is 2.10. The minimum absolute atomic E-state index is 0.180. The molecule has 0 unspecified atom stereocenters. The first-order valence-corrected chi connectivity index (χ1v) is 6.44. The molecule has 2 aromatic rings. The van der Waals surface area contributed by atoms with Gasteiger partial charge in [0.1, 0.15) is 5.69 Å². The summed E-state index contributed by atoms with van der Waals surface area (Å²) in [6.45, 7) is 0.724. The van der Waals surface area contributed by atoms with Crippen LogP contribution < -0.4 is 0 Å². The van der Waals surface area contributed by atoms with Gasteiger partial charge in [0, 0.05) is 37.3 Å². The third kappa shape index (κ3) is 2.96. The van der Waals surface area contributed by atoms with Crippen LogP contribution in [0.25, 0.3) is 11.3 Å². The third-order valence-corrected chi connectivity index (χ3v) is 3.41. The molecule has 2 rings (SSSR count). The summed E-state index contributed by atoms with van der Waals surface area (Å²) in [6, 6.07) is 1.59. The minimum atomic E-state index is -0.961. The summed E-state index contributed by atoms with van der Waals surface area (Å²) < 4.78 is 4.99. The molecule has 2 aromatic heterocycles. The zero-order chi connectivity index (χ0) is 13.0. The van der Waals surface area contributed by atoms with Crippen LogP contribution in [0, 0.1) is 0 Å². The van der Waals surface area contributed by atoms with Gasteiger partial charge in [0.25, 0.3) is 0 Å². The van der Waals surface area contributed by atoms with Gasteiger partial charge in [-0.05, 0) is 12.5 Å². The zero-order valence-corrected chi connectivity index (χ0v) is 10.8. The lowest BCUT2D eigenvalue weighted by molar-refractivity contribution is 0.0691. The number of carboxylic acids is 1. The van der Waals surface area contributed by atoms with Gasteiger partial charge in [-0.1, -0.05) is 0 Å². The number of aromatic carboxylic acids is 1. The zero-order valence-electron chi connectivity index (χ0n) is 9.97. The molecule has 2 heterocycles. The third-order valence-electron chi connectivity index (χ3n) is 2.50. The van der Waals surface area contributed by atoms with E-state index in [1.54, 1.807) is 30.7 Å². The average Bonchev–Trinajstić information content (AvgIpc) is 2.97. The van der Waals surface area contributed by atoms with Crippen molar-refractivity contribution in [3.05, 3.63) is 28.3 Å². The average molecular weight is 266 g/mol. The standard InChI is InChI=1S/C12H14N2O3S/c1-17-4-2-3-11-14-10(7-18-11)8-5-9(12(15)16)13-6-8/h5-7,13H,2-4H2,1H3,(H,15,16). The monoisotopic (exact) mass is 266 g/mol. The number of aryl methyl sites for hydroxylation is 1. The summed E-state index contributed by atoms with van der Waals surface area (Å²) in [6.07, 6.45) is 3.49. The van der Waals surface area contributed by atoms with E-state index in [9.17, 15) is 4.79 Å². The van der Waals surface area contributed by atoms with E-state index >= 15 is 0 Å². The molecule has 2 N–H and O–H groups in total. The van der Waals surface area contributed by atoms with E-state index in [0.717, 1.165) is 35.7 Å². The summed E-state index contributed by atoms with van der Waals surface area (Å²) in [5, 5.41) is 11.8. The van der Waals surface area contributed by atoms with Crippen molar-refractivity contribution in [3.63, 3.8) is 0 Å². The van der Waals surface area contributed by atoms with Crippen LogP contribution in [0.2, 0.25) is 0 Å². The molecule has 0 fully saturated rings. The van der Waals surface area contributed by atoms with Crippen molar-refractivity contribution < 1.29 is 14.6 Å². The molecule has 0 aliphatic rings. The number of ether oxygens (including phenoxy) is 1. The van der Waals surface area contributed by atoms with Crippen molar-refractivity contribution in [1.29, 1.82) is 0 Å². The number of methoxy groups -OCH3 is 1. The lowest BCUT2D eigenvalue weighted by Gasteiger charge is -1.95. The molecule has 0 saturated carbocycles. The second-order valence-corrected chi connectivity index (χ2v) is 4.77. The van der Waals surface area contributed by atoms with Gasteiger partial charge in [-0.15, -0.1) is 11.3 Å². The fraction of sp³-hybridized carbons (Fsp3) is 0.333. The Balaban J connectivity index is 2.06. The van der Waals surface area contributed by atoms with Crippen LogP contribution in [0.3, 0.4) is 0 Å². The van der Waals surface area contributed by atoms with E-state index in [2.05, 4.69) is 9.97 Å². The Kier molecular flexibility index (Phi) is 4.11. The molecule has 0 aliphatic carbocycles. The molecule has 0 spiro atoms. The second kappa shape index (κ2) is 5.79. The molecule has 0 amide bonds. The van der Waals surface area contributed by atoms with Crippen molar-refractivity contribution in [2.45, 2.75) is 12.8 Å². The number of hydrogen-bond donors (Lipinski definition) is 2. The predicted octanol–water partition coefficient (Wildman–Crippen LogP) is 2.42. The Morgan fingerprint density at radius 2 is 2.44 bits per heavy atom. The number of hydrogen-bond acceptors (Lipinski definition) is 4. The van der Waals surface area contributed by atoms with E-state index in [4.69, 9.17) is 9.84 Å². The van der Waals surface area contributed by atoms with Gasteiger partial charge in [-0.3, -0.25) is 0 Å². The summed E-state index contributed by atoms with van der Waals surface area (Å²) in [4.78, 5) is 17.9. The molecule has 6 heteroatoms. The number of aromatic nitrogens is 2. The van der Waals surface area contributed by atoms with Crippen molar-refractivity contribution in [1.82, 2.24) is 9.97 Å². The first kappa shape index (κ1) is 12.8. The molecule has 0 aliphatic heterocycles. The molecule has 0 bridgehead atoms. The van der Waals surface area contributed by atoms with Crippen molar-refractivity contribution in [2.75, 3.05) is 13.7 Å². The molecular weight excluding hydrogens is 252 g/mol. The molecule has 0 atom stereocenters. The number of nitrogens with zero attached hydrogens (tertiary/aromatic N) is 1. The quantitative estimate of drug-likeness (QED) is 0.787. The first-order chi connectivity index (χ1) is 8.70. The highest BCUT2D eigenvalue weighted by atomic mass is 32.1. The van der Waals surface area contributed by atoms with Gasteiger partial charge in [-0.2, -0.15) is 0 Å². The summed E-state index contributed by atoms with van der Waals surface area (Å²) in [7, 11) is 1.68. The van der Waals surface area contributed by atoms with E-state index in [1.165, 1.54) is 0 Å². The number of thiazole rings is 1. The summed E-state index contributed by atoms with van der Waals surface area (Å²) >= 11 is 1.58. The number of nitrogens with one attached hydrogen (secondary N) is 1. The molecule has 0 saturated heterocycles. The van der Waals surface area contributed by atoms with Crippen LogP contribution in [0.1, 0.15) is 21.9 Å². The molecule has 0 radical (unpaired) electrons. The number of aromatic amines is 1. The van der Waals surface area contributed by atoms with E-state index < -0.39 is 5.97 Å². The minimum Gasteiger partial charge on any atom is -0.477 e. The van der Waals surface area contributed by atoms with Gasteiger partial charge in [0.15, 0.2) is 0 Å². The molecule has 5 nitrogen and oxygen atoms in total. The Morgan fingerprint density at radius 1 is 1.61 bits per heavy atom. The van der Waals surface area contributed by atoms with Crippen molar-refractivity contribution in [3.8, 4) is 11.3 Å². The lowest BCUT2D eigenvalue weighted by atomic mass is 10.2. The summed E-state index contributed by atoms with van der Waals surface area (Å²) in [5.74, 6) is -0.961.